The summed E-state index contributed by atoms with van der Waals surface area (Å²) in [6.45, 7) is 6.14. The lowest BCUT2D eigenvalue weighted by Crippen LogP contribution is -2.14. The number of hydrogen-bond donors (Lipinski definition) is 1. The Kier molecular flexibility index (Phi) is 17.9. The maximum absolute atomic E-state index is 12.9. The number of alkyl halides is 3. The van der Waals surface area contributed by atoms with Gasteiger partial charge in [-0.2, -0.15) is 13.2 Å². The van der Waals surface area contributed by atoms with E-state index in [0.29, 0.717) is 45.2 Å². The van der Waals surface area contributed by atoms with Crippen LogP contribution in [-0.2, 0) is 31.7 Å². The summed E-state index contributed by atoms with van der Waals surface area (Å²) in [6.07, 6.45) is 1.30. The summed E-state index contributed by atoms with van der Waals surface area (Å²) in [7, 11) is 0. The zero-order valence-electron chi connectivity index (χ0n) is 20.2. The molecule has 0 fully saturated rings. The van der Waals surface area contributed by atoms with Gasteiger partial charge in [0.05, 0.1) is 38.1 Å². The van der Waals surface area contributed by atoms with Crippen LogP contribution in [0.3, 0.4) is 0 Å². The minimum absolute atomic E-state index is 0. The van der Waals surface area contributed by atoms with Crippen LogP contribution < -0.4 is 10.5 Å². The van der Waals surface area contributed by atoms with E-state index in [4.69, 9.17) is 24.7 Å². The van der Waals surface area contributed by atoms with Gasteiger partial charge >= 0.3 is 12.1 Å². The van der Waals surface area contributed by atoms with Crippen molar-refractivity contribution in [2.24, 2.45) is 5.73 Å². The lowest BCUT2D eigenvalue weighted by atomic mass is 10.1. The molecular weight excluding hydrogens is 475 g/mol. The molecule has 0 amide bonds. The van der Waals surface area contributed by atoms with Gasteiger partial charge in [0.15, 0.2) is 0 Å². The molecule has 0 spiro atoms. The third-order valence-corrected chi connectivity index (χ3v) is 4.98. The third kappa shape index (κ3) is 14.7. The number of nitrogens with two attached hydrogens (primary N) is 1. The number of carbonyl (C=O) groups is 1. The molecule has 0 aliphatic rings. The second kappa shape index (κ2) is 18.7. The lowest BCUT2D eigenvalue weighted by Gasteiger charge is -2.14. The average Bonchev–Trinajstić information content (AvgIpc) is 2.76. The number of ether oxygens (including phenoxy) is 4. The predicted octanol–water partition coefficient (Wildman–Crippen LogP) is 5.68. The molecular formula is C24H39ClF3NO5. The molecule has 0 saturated carbocycles. The molecule has 0 heterocycles. The van der Waals surface area contributed by atoms with E-state index >= 15 is 0 Å². The maximum atomic E-state index is 12.9. The minimum atomic E-state index is -4.41. The predicted molar refractivity (Wildman–Crippen MR) is 127 cm³/mol. The van der Waals surface area contributed by atoms with Gasteiger partial charge in [0.2, 0.25) is 0 Å². The van der Waals surface area contributed by atoms with Crippen molar-refractivity contribution in [3.63, 3.8) is 0 Å². The molecule has 2 N–H and O–H groups in total. The number of hydrogen-bond acceptors (Lipinski definition) is 6. The fourth-order valence-electron chi connectivity index (χ4n) is 3.22. The zero-order valence-corrected chi connectivity index (χ0v) is 21.0. The second-order valence-electron chi connectivity index (χ2n) is 7.77. The van der Waals surface area contributed by atoms with E-state index in [2.05, 4.69) is 0 Å². The zero-order chi connectivity index (χ0) is 24.5. The molecule has 34 heavy (non-hydrogen) atoms. The first-order chi connectivity index (χ1) is 15.8. The normalized spacial score (nSPS) is 12.2. The molecule has 1 rings (SSSR count). The summed E-state index contributed by atoms with van der Waals surface area (Å²) in [5, 5.41) is 0. The summed E-state index contributed by atoms with van der Waals surface area (Å²) >= 11 is 0. The van der Waals surface area contributed by atoms with Gasteiger partial charge in [-0.25, -0.2) is 0 Å². The average molecular weight is 514 g/mol. The second-order valence-corrected chi connectivity index (χ2v) is 7.77. The molecule has 0 radical (unpaired) electrons. The Hall–Kier alpha value is -1.55. The van der Waals surface area contributed by atoms with Crippen LogP contribution >= 0.6 is 12.4 Å². The van der Waals surface area contributed by atoms with E-state index < -0.39 is 11.7 Å². The molecule has 0 aromatic heterocycles. The maximum Gasteiger partial charge on any atom is 0.416 e. The highest BCUT2D eigenvalue weighted by atomic mass is 35.5. The molecule has 6 nitrogen and oxygen atoms in total. The highest BCUT2D eigenvalue weighted by molar-refractivity contribution is 5.85. The number of esters is 1. The van der Waals surface area contributed by atoms with Gasteiger partial charge in [0.25, 0.3) is 0 Å². The molecule has 1 atom stereocenters. The van der Waals surface area contributed by atoms with Crippen molar-refractivity contribution in [1.82, 2.24) is 0 Å². The lowest BCUT2D eigenvalue weighted by molar-refractivity contribution is -0.143. The van der Waals surface area contributed by atoms with Crippen molar-refractivity contribution < 1.29 is 36.9 Å². The molecule has 0 aliphatic heterocycles. The Morgan fingerprint density at radius 3 is 2.38 bits per heavy atom. The van der Waals surface area contributed by atoms with Gasteiger partial charge < -0.3 is 24.7 Å². The molecule has 1 aromatic rings. The van der Waals surface area contributed by atoms with Crippen LogP contribution in [0.1, 0.15) is 69.9 Å². The van der Waals surface area contributed by atoms with Crippen LogP contribution in [0.2, 0.25) is 0 Å². The van der Waals surface area contributed by atoms with E-state index in [1.807, 2.05) is 6.92 Å². The van der Waals surface area contributed by atoms with Gasteiger partial charge in [-0.05, 0) is 69.7 Å². The highest BCUT2D eigenvalue weighted by Crippen LogP contribution is 2.33. The van der Waals surface area contributed by atoms with Gasteiger partial charge in [-0.1, -0.05) is 6.42 Å². The first-order valence-corrected chi connectivity index (χ1v) is 11.7. The van der Waals surface area contributed by atoms with Crippen LogP contribution in [0.25, 0.3) is 0 Å². The Morgan fingerprint density at radius 1 is 1.03 bits per heavy atom. The van der Waals surface area contributed by atoms with Crippen molar-refractivity contribution >= 4 is 18.4 Å². The van der Waals surface area contributed by atoms with E-state index in [-0.39, 0.29) is 36.6 Å². The van der Waals surface area contributed by atoms with Crippen molar-refractivity contribution in [3.8, 4) is 5.75 Å². The molecule has 0 aliphatic carbocycles. The number of benzene rings is 1. The first kappa shape index (κ1) is 32.5. The van der Waals surface area contributed by atoms with E-state index in [1.54, 1.807) is 6.92 Å². The first-order valence-electron chi connectivity index (χ1n) is 11.7. The van der Waals surface area contributed by atoms with Crippen molar-refractivity contribution in [2.45, 2.75) is 77.6 Å². The molecule has 0 bridgehead atoms. The summed E-state index contributed by atoms with van der Waals surface area (Å²) in [5.74, 6) is 0.238. The number of halogens is 4. The van der Waals surface area contributed by atoms with Crippen LogP contribution in [0.4, 0.5) is 13.2 Å². The molecule has 1 aromatic carbocycles. The summed E-state index contributed by atoms with van der Waals surface area (Å²) in [5.41, 5.74) is 4.75. The van der Waals surface area contributed by atoms with Crippen molar-refractivity contribution in [2.75, 3.05) is 33.0 Å². The summed E-state index contributed by atoms with van der Waals surface area (Å²) < 4.78 is 60.3. The van der Waals surface area contributed by atoms with Gasteiger partial charge in [0.1, 0.15) is 5.75 Å². The Balaban J connectivity index is 0.0000109. The van der Waals surface area contributed by atoms with Gasteiger partial charge in [-0.3, -0.25) is 4.79 Å². The fraction of sp³-hybridized carbons (Fsp3) is 0.708. The van der Waals surface area contributed by atoms with Crippen LogP contribution in [0.5, 0.6) is 5.75 Å². The van der Waals surface area contributed by atoms with Crippen molar-refractivity contribution in [3.05, 3.63) is 29.3 Å². The Labute approximate surface area is 207 Å². The number of rotatable bonds is 18. The minimum Gasteiger partial charge on any atom is -0.494 e. The molecule has 198 valence electrons. The van der Waals surface area contributed by atoms with Gasteiger partial charge in [0, 0.05) is 19.6 Å². The molecule has 1 unspecified atom stereocenters. The molecule has 0 saturated heterocycles. The fourth-order valence-corrected chi connectivity index (χ4v) is 3.22. The van der Waals surface area contributed by atoms with E-state index in [9.17, 15) is 18.0 Å². The van der Waals surface area contributed by atoms with E-state index in [0.717, 1.165) is 44.6 Å². The largest absolute Gasteiger partial charge is 0.494 e. The van der Waals surface area contributed by atoms with Crippen LogP contribution in [0, 0.1) is 0 Å². The smallest absolute Gasteiger partial charge is 0.416 e. The van der Waals surface area contributed by atoms with E-state index in [1.165, 1.54) is 12.1 Å². The monoisotopic (exact) mass is 513 g/mol. The molecule has 10 heteroatoms. The summed E-state index contributed by atoms with van der Waals surface area (Å²) in [4.78, 5) is 11.3. The summed E-state index contributed by atoms with van der Waals surface area (Å²) in [6, 6.07) is 3.71. The topological polar surface area (TPSA) is 80.0 Å². The number of unbranched alkanes of at least 4 members (excludes halogenated alkanes) is 3. The quantitative estimate of drug-likeness (QED) is 0.201. The Morgan fingerprint density at radius 2 is 1.74 bits per heavy atom. The highest BCUT2D eigenvalue weighted by Gasteiger charge is 2.33. The van der Waals surface area contributed by atoms with Gasteiger partial charge in [-0.15, -0.1) is 12.4 Å². The SMILES string of the molecule is CCOC(=O)CCCC(C)OCCOCCCCCCOc1ccc(C(F)(F)F)c(CN)c1.Cl. The van der Waals surface area contributed by atoms with Crippen LogP contribution in [0.15, 0.2) is 18.2 Å². The third-order valence-electron chi connectivity index (χ3n) is 4.98. The number of carbonyl (C=O) groups excluding carboxylic acids is 1. The Bertz CT molecular complexity index is 676. The standard InChI is InChI=1S/C24H38F3NO5.ClH/c1-3-31-23(29)10-8-9-19(2)32-16-15-30-13-6-4-5-7-14-33-21-11-12-22(24(25,26)27)20(17-21)18-28;/h11-12,17,19H,3-10,13-16,18,28H2,1-2H3;1H. The van der Waals surface area contributed by atoms with Crippen LogP contribution in [-0.4, -0.2) is 45.1 Å². The van der Waals surface area contributed by atoms with Crippen molar-refractivity contribution in [1.29, 1.82) is 0 Å².